The number of carbonyl (C=O) groups is 3. The summed E-state index contributed by atoms with van der Waals surface area (Å²) in [5.74, 6) is -1.07. The Kier molecular flexibility index (Phi) is 44.1. The predicted molar refractivity (Wildman–Crippen MR) is 251 cm³/mol. The minimum absolute atomic E-state index is 0.118. The number of rotatable bonds is 41. The summed E-state index contributed by atoms with van der Waals surface area (Å²) in [6, 6.07) is 0. The average Bonchev–Trinajstić information content (AvgIpc) is 3.23. The molecule has 0 saturated carbocycles. The van der Waals surface area contributed by atoms with E-state index in [1.165, 1.54) is 77.0 Å². The molecule has 0 spiro atoms. The second-order valence-corrected chi connectivity index (χ2v) is 15.4. The Morgan fingerprint density at radius 3 is 1.34 bits per heavy atom. The number of ether oxygens (including phenoxy) is 3. The molecule has 0 rings (SSSR count). The van der Waals surface area contributed by atoms with Gasteiger partial charge in [0.05, 0.1) is 6.42 Å². The summed E-state index contributed by atoms with van der Waals surface area (Å²) >= 11 is 0. The Morgan fingerprint density at radius 1 is 0.390 bits per heavy atom. The van der Waals surface area contributed by atoms with Crippen LogP contribution in [0.15, 0.2) is 97.2 Å². The third kappa shape index (κ3) is 45.3. The lowest BCUT2D eigenvalue weighted by molar-refractivity contribution is -0.166. The second-order valence-electron chi connectivity index (χ2n) is 15.4. The first-order valence-electron chi connectivity index (χ1n) is 23.8. The van der Waals surface area contributed by atoms with Crippen molar-refractivity contribution in [2.24, 2.45) is 0 Å². The molecule has 0 bridgehead atoms. The maximum absolute atomic E-state index is 12.7. The third-order valence-corrected chi connectivity index (χ3v) is 9.71. The van der Waals surface area contributed by atoms with Crippen LogP contribution in [0.2, 0.25) is 0 Å². The number of allylic oxidation sites excluding steroid dienone is 15. The molecule has 0 aromatic heterocycles. The Hall–Kier alpha value is -3.67. The van der Waals surface area contributed by atoms with Crippen LogP contribution in [0.4, 0.5) is 0 Å². The van der Waals surface area contributed by atoms with Gasteiger partial charge in [-0.1, -0.05) is 227 Å². The summed E-state index contributed by atoms with van der Waals surface area (Å²) in [7, 11) is 0. The fourth-order valence-corrected chi connectivity index (χ4v) is 6.18. The van der Waals surface area contributed by atoms with Crippen molar-refractivity contribution in [2.75, 3.05) is 13.2 Å². The zero-order valence-corrected chi connectivity index (χ0v) is 38.0. The van der Waals surface area contributed by atoms with E-state index in [-0.39, 0.29) is 31.6 Å². The van der Waals surface area contributed by atoms with Crippen LogP contribution >= 0.6 is 0 Å². The Labute approximate surface area is 362 Å². The molecule has 0 radical (unpaired) electrons. The Balaban J connectivity index is 4.46. The van der Waals surface area contributed by atoms with Crippen molar-refractivity contribution >= 4 is 17.9 Å². The molecule has 0 aliphatic heterocycles. The van der Waals surface area contributed by atoms with E-state index >= 15 is 0 Å². The average molecular weight is 819 g/mol. The van der Waals surface area contributed by atoms with Crippen LogP contribution in [0.3, 0.4) is 0 Å². The van der Waals surface area contributed by atoms with Crippen LogP contribution in [0.25, 0.3) is 0 Å². The Bertz CT molecular complexity index is 1220. The first-order chi connectivity index (χ1) is 29.0. The summed E-state index contributed by atoms with van der Waals surface area (Å²) in [5.41, 5.74) is 0. The Morgan fingerprint density at radius 2 is 0.814 bits per heavy atom. The summed E-state index contributed by atoms with van der Waals surface area (Å²) in [4.78, 5) is 37.7. The molecule has 1 unspecified atom stereocenters. The fourth-order valence-electron chi connectivity index (χ4n) is 6.18. The van der Waals surface area contributed by atoms with Gasteiger partial charge in [-0.05, 0) is 51.4 Å². The zero-order chi connectivity index (χ0) is 43.0. The molecule has 0 aliphatic rings. The number of esters is 3. The molecule has 0 fully saturated rings. The zero-order valence-electron chi connectivity index (χ0n) is 38.0. The van der Waals surface area contributed by atoms with E-state index < -0.39 is 12.1 Å². The standard InChI is InChI=1S/C53H86O6/c1-4-7-10-13-16-19-21-23-25-26-27-28-30-31-34-37-40-43-46-52(55)58-49-50(48-57-51(54)45-42-39-36-33-18-15-12-9-6-3)59-53(56)47-44-41-38-35-32-29-24-22-20-17-14-11-8-5-2/h9-10,12-13,16,18-19,21,23,25-28,33,39,42,50H,4-8,11,14-15,17,20,22,24,29-32,34-38,40-41,43-49H2,1-3H3/b12-9-,13-10-,19-16-,23-21-,26-25-,28-27-,33-18-,42-39-. The predicted octanol–water partition coefficient (Wildman–Crippen LogP) is 15.4. The van der Waals surface area contributed by atoms with E-state index in [4.69, 9.17) is 14.2 Å². The molecule has 0 N–H and O–H groups in total. The van der Waals surface area contributed by atoms with Gasteiger partial charge in [-0.25, -0.2) is 0 Å². The van der Waals surface area contributed by atoms with E-state index in [9.17, 15) is 14.4 Å². The first-order valence-corrected chi connectivity index (χ1v) is 23.8. The molecule has 0 amide bonds. The van der Waals surface area contributed by atoms with Crippen molar-refractivity contribution in [3.05, 3.63) is 97.2 Å². The number of hydrogen-bond donors (Lipinski definition) is 0. The van der Waals surface area contributed by atoms with Gasteiger partial charge in [0.2, 0.25) is 0 Å². The quantitative estimate of drug-likeness (QED) is 0.0201. The lowest BCUT2D eigenvalue weighted by Gasteiger charge is -2.18. The van der Waals surface area contributed by atoms with E-state index in [1.54, 1.807) is 6.08 Å². The highest BCUT2D eigenvalue weighted by atomic mass is 16.6. The van der Waals surface area contributed by atoms with Gasteiger partial charge in [0.25, 0.3) is 0 Å². The summed E-state index contributed by atoms with van der Waals surface area (Å²) in [5, 5.41) is 0. The van der Waals surface area contributed by atoms with E-state index in [1.807, 2.05) is 42.5 Å². The lowest BCUT2D eigenvalue weighted by atomic mass is 10.0. The minimum Gasteiger partial charge on any atom is -0.462 e. The first kappa shape index (κ1) is 55.3. The van der Waals surface area contributed by atoms with Crippen molar-refractivity contribution in [2.45, 2.75) is 207 Å². The van der Waals surface area contributed by atoms with Gasteiger partial charge in [0, 0.05) is 12.8 Å². The molecule has 0 aliphatic carbocycles. The van der Waals surface area contributed by atoms with Gasteiger partial charge in [0.1, 0.15) is 13.2 Å². The van der Waals surface area contributed by atoms with Crippen LogP contribution in [-0.2, 0) is 28.6 Å². The summed E-state index contributed by atoms with van der Waals surface area (Å²) in [6.45, 7) is 6.30. The van der Waals surface area contributed by atoms with E-state index in [0.717, 1.165) is 83.5 Å². The van der Waals surface area contributed by atoms with Gasteiger partial charge in [-0.15, -0.1) is 0 Å². The highest BCUT2D eigenvalue weighted by Crippen LogP contribution is 2.14. The topological polar surface area (TPSA) is 78.9 Å². The van der Waals surface area contributed by atoms with E-state index in [0.29, 0.717) is 12.8 Å². The largest absolute Gasteiger partial charge is 0.462 e. The number of carbonyl (C=O) groups excluding carboxylic acids is 3. The SMILES string of the molecule is CC/C=C\C/C=C\C/C=C\CC(=O)OCC(COC(=O)CCCCCCC\C=C/C=C\C=C/C=C\C=C/CCC)OC(=O)CCCCCCCCCCCCCCCC. The molecule has 334 valence electrons. The molecule has 0 aromatic carbocycles. The molecule has 1 atom stereocenters. The number of hydrogen-bond acceptors (Lipinski definition) is 6. The lowest BCUT2D eigenvalue weighted by Crippen LogP contribution is -2.30. The van der Waals surface area contributed by atoms with Gasteiger partial charge in [-0.3, -0.25) is 14.4 Å². The van der Waals surface area contributed by atoms with Gasteiger partial charge < -0.3 is 14.2 Å². The molecule has 59 heavy (non-hydrogen) atoms. The highest BCUT2D eigenvalue weighted by molar-refractivity contribution is 5.72. The van der Waals surface area contributed by atoms with Crippen molar-refractivity contribution in [1.29, 1.82) is 0 Å². The van der Waals surface area contributed by atoms with Crippen molar-refractivity contribution in [1.82, 2.24) is 0 Å². The fraction of sp³-hybridized carbons (Fsp3) is 0.642. The van der Waals surface area contributed by atoms with Crippen molar-refractivity contribution in [3.63, 3.8) is 0 Å². The van der Waals surface area contributed by atoms with Gasteiger partial charge in [0.15, 0.2) is 6.10 Å². The minimum atomic E-state index is -0.821. The maximum Gasteiger partial charge on any atom is 0.309 e. The van der Waals surface area contributed by atoms with Crippen molar-refractivity contribution in [3.8, 4) is 0 Å². The summed E-state index contributed by atoms with van der Waals surface area (Å²) in [6.07, 6.45) is 61.3. The van der Waals surface area contributed by atoms with E-state index in [2.05, 4.69) is 69.4 Å². The van der Waals surface area contributed by atoms with Crippen LogP contribution < -0.4 is 0 Å². The molecule has 0 aromatic rings. The monoisotopic (exact) mass is 819 g/mol. The summed E-state index contributed by atoms with van der Waals surface area (Å²) < 4.78 is 16.6. The third-order valence-electron chi connectivity index (χ3n) is 9.71. The molecule has 0 saturated heterocycles. The molecule has 6 nitrogen and oxygen atoms in total. The van der Waals surface area contributed by atoms with Crippen LogP contribution in [0.1, 0.15) is 201 Å². The smallest absolute Gasteiger partial charge is 0.309 e. The maximum atomic E-state index is 12.7. The normalized spacial score (nSPS) is 12.9. The number of unbranched alkanes of at least 4 members (excludes halogenated alkanes) is 19. The molecular formula is C53H86O6. The van der Waals surface area contributed by atoms with Crippen LogP contribution in [0, 0.1) is 0 Å². The van der Waals surface area contributed by atoms with Crippen LogP contribution in [-0.4, -0.2) is 37.2 Å². The molecule has 0 heterocycles. The van der Waals surface area contributed by atoms with Gasteiger partial charge >= 0.3 is 17.9 Å². The van der Waals surface area contributed by atoms with Crippen molar-refractivity contribution < 1.29 is 28.6 Å². The van der Waals surface area contributed by atoms with Crippen LogP contribution in [0.5, 0.6) is 0 Å². The van der Waals surface area contributed by atoms with Gasteiger partial charge in [-0.2, -0.15) is 0 Å². The highest BCUT2D eigenvalue weighted by Gasteiger charge is 2.19. The second kappa shape index (κ2) is 47.0. The molecule has 6 heteroatoms. The molecular weight excluding hydrogens is 733 g/mol.